The highest BCUT2D eigenvalue weighted by Gasteiger charge is 2.26. The van der Waals surface area contributed by atoms with Gasteiger partial charge in [0.1, 0.15) is 6.33 Å². The van der Waals surface area contributed by atoms with E-state index in [1.807, 2.05) is 28.8 Å². The third-order valence-corrected chi connectivity index (χ3v) is 5.40. The third kappa shape index (κ3) is 3.80. The summed E-state index contributed by atoms with van der Waals surface area (Å²) in [7, 11) is 0. The van der Waals surface area contributed by atoms with Crippen LogP contribution in [0.5, 0.6) is 0 Å². The quantitative estimate of drug-likeness (QED) is 0.714. The van der Waals surface area contributed by atoms with E-state index in [4.69, 9.17) is 0 Å². The molecule has 1 saturated heterocycles. The van der Waals surface area contributed by atoms with Crippen molar-refractivity contribution in [2.75, 3.05) is 23.7 Å². The van der Waals surface area contributed by atoms with Crippen LogP contribution >= 0.6 is 11.8 Å². The molecule has 3 heterocycles. The van der Waals surface area contributed by atoms with E-state index in [1.165, 1.54) is 5.56 Å². The van der Waals surface area contributed by atoms with E-state index < -0.39 is 0 Å². The van der Waals surface area contributed by atoms with Crippen LogP contribution in [0.1, 0.15) is 12.0 Å². The lowest BCUT2D eigenvalue weighted by molar-refractivity contribution is -0.119. The number of nitrogens with zero attached hydrogens (tertiary/aromatic N) is 5. The summed E-state index contributed by atoms with van der Waals surface area (Å²) < 4.78 is 1.86. The second-order valence-corrected chi connectivity index (χ2v) is 7.28. The monoisotopic (exact) mass is 368 g/mol. The maximum absolute atomic E-state index is 12.2. The van der Waals surface area contributed by atoms with Crippen LogP contribution < -0.4 is 10.2 Å². The van der Waals surface area contributed by atoms with Gasteiger partial charge in [-0.3, -0.25) is 9.20 Å². The Kier molecular flexibility index (Phi) is 5.01. The summed E-state index contributed by atoms with van der Waals surface area (Å²) in [4.78, 5) is 18.8. The van der Waals surface area contributed by atoms with Crippen molar-refractivity contribution in [2.45, 2.75) is 18.2 Å². The molecule has 1 aromatic carbocycles. The Balaban J connectivity index is 1.27. The molecule has 1 atom stereocenters. The van der Waals surface area contributed by atoms with Crippen molar-refractivity contribution in [1.82, 2.24) is 24.9 Å². The second-order valence-electron chi connectivity index (χ2n) is 6.29. The Labute approximate surface area is 155 Å². The van der Waals surface area contributed by atoms with Crippen molar-refractivity contribution in [3.05, 3.63) is 54.6 Å². The van der Waals surface area contributed by atoms with Crippen molar-refractivity contribution in [2.24, 2.45) is 0 Å². The van der Waals surface area contributed by atoms with Crippen molar-refractivity contribution >= 4 is 29.1 Å². The first-order valence-electron chi connectivity index (χ1n) is 8.60. The SMILES string of the molecule is O=C(CSCc1ccccc1)N[C@H]1CCN(c2nccn3cnnc23)C1. The molecule has 134 valence electrons. The van der Waals surface area contributed by atoms with Gasteiger partial charge in [0.05, 0.1) is 5.75 Å². The first-order chi connectivity index (χ1) is 12.8. The zero-order valence-electron chi connectivity index (χ0n) is 14.3. The summed E-state index contributed by atoms with van der Waals surface area (Å²) in [6.45, 7) is 1.59. The van der Waals surface area contributed by atoms with Crippen molar-refractivity contribution in [3.8, 4) is 0 Å². The van der Waals surface area contributed by atoms with E-state index in [0.717, 1.165) is 36.7 Å². The maximum Gasteiger partial charge on any atom is 0.230 e. The standard InChI is InChI=1S/C18H20N6OS/c25-16(12-26-11-14-4-2-1-3-5-14)21-15-6-8-23(10-15)17-18-22-20-13-24(18)9-7-19-17/h1-5,7,9,13,15H,6,8,10-12H2,(H,21,25)/t15-/m0/s1. The Morgan fingerprint density at radius 2 is 2.19 bits per heavy atom. The molecule has 0 unspecified atom stereocenters. The van der Waals surface area contributed by atoms with Gasteiger partial charge in [-0.1, -0.05) is 30.3 Å². The highest BCUT2D eigenvalue weighted by atomic mass is 32.2. The number of hydrogen-bond acceptors (Lipinski definition) is 6. The van der Waals surface area contributed by atoms with Crippen LogP contribution in [-0.2, 0) is 10.5 Å². The number of aromatic nitrogens is 4. The molecule has 26 heavy (non-hydrogen) atoms. The molecule has 4 rings (SSSR count). The Morgan fingerprint density at radius 1 is 1.31 bits per heavy atom. The molecule has 1 fully saturated rings. The molecule has 2 aromatic heterocycles. The Bertz CT molecular complexity index is 884. The van der Waals surface area contributed by atoms with Crippen molar-refractivity contribution < 1.29 is 4.79 Å². The molecule has 1 amide bonds. The molecule has 3 aromatic rings. The Morgan fingerprint density at radius 3 is 3.08 bits per heavy atom. The number of rotatable bonds is 6. The van der Waals surface area contributed by atoms with Crippen LogP contribution in [0.25, 0.3) is 5.65 Å². The number of nitrogens with one attached hydrogen (secondary N) is 1. The molecule has 0 aliphatic carbocycles. The molecule has 1 aliphatic heterocycles. The van der Waals surface area contributed by atoms with E-state index in [-0.39, 0.29) is 11.9 Å². The van der Waals surface area contributed by atoms with Crippen LogP contribution in [0.2, 0.25) is 0 Å². The lowest BCUT2D eigenvalue weighted by atomic mass is 10.2. The summed E-state index contributed by atoms with van der Waals surface area (Å²) in [6.07, 6.45) is 6.15. The zero-order chi connectivity index (χ0) is 17.8. The lowest BCUT2D eigenvalue weighted by Gasteiger charge is -2.18. The van der Waals surface area contributed by atoms with Gasteiger partial charge in [-0.05, 0) is 12.0 Å². The summed E-state index contributed by atoms with van der Waals surface area (Å²) in [5, 5.41) is 11.2. The second kappa shape index (κ2) is 7.74. The van der Waals surface area contributed by atoms with Crippen LogP contribution in [0.4, 0.5) is 5.82 Å². The summed E-state index contributed by atoms with van der Waals surface area (Å²) in [6, 6.07) is 10.3. The normalized spacial score (nSPS) is 16.9. The molecule has 1 N–H and O–H groups in total. The molecule has 0 radical (unpaired) electrons. The van der Waals surface area contributed by atoms with Gasteiger partial charge in [0, 0.05) is 37.3 Å². The van der Waals surface area contributed by atoms with E-state index in [9.17, 15) is 4.79 Å². The van der Waals surface area contributed by atoms with Gasteiger partial charge in [0.15, 0.2) is 5.82 Å². The van der Waals surface area contributed by atoms with E-state index in [2.05, 4.69) is 37.5 Å². The smallest absolute Gasteiger partial charge is 0.230 e. The lowest BCUT2D eigenvalue weighted by Crippen LogP contribution is -2.38. The van der Waals surface area contributed by atoms with Crippen molar-refractivity contribution in [1.29, 1.82) is 0 Å². The third-order valence-electron chi connectivity index (χ3n) is 4.39. The number of amides is 1. The van der Waals surface area contributed by atoms with Gasteiger partial charge in [0.2, 0.25) is 11.6 Å². The molecule has 0 saturated carbocycles. The first-order valence-corrected chi connectivity index (χ1v) is 9.75. The molecule has 0 spiro atoms. The number of anilines is 1. The average molecular weight is 368 g/mol. The minimum atomic E-state index is 0.0893. The van der Waals surface area contributed by atoms with Gasteiger partial charge in [-0.2, -0.15) is 0 Å². The molecule has 8 heteroatoms. The van der Waals surface area contributed by atoms with Crippen LogP contribution in [-0.4, -0.2) is 50.4 Å². The van der Waals surface area contributed by atoms with Gasteiger partial charge >= 0.3 is 0 Å². The molecule has 0 bridgehead atoms. The van der Waals surface area contributed by atoms with Gasteiger partial charge in [-0.25, -0.2) is 4.98 Å². The zero-order valence-corrected chi connectivity index (χ0v) is 15.1. The number of carbonyl (C=O) groups is 1. The molecule has 1 aliphatic rings. The number of benzene rings is 1. The predicted molar refractivity (Wildman–Crippen MR) is 102 cm³/mol. The van der Waals surface area contributed by atoms with Crippen LogP contribution in [0.3, 0.4) is 0 Å². The van der Waals surface area contributed by atoms with E-state index in [1.54, 1.807) is 24.3 Å². The molecular formula is C18H20N6OS. The molecule has 7 nitrogen and oxygen atoms in total. The summed E-state index contributed by atoms with van der Waals surface area (Å²) >= 11 is 1.64. The van der Waals surface area contributed by atoms with Crippen LogP contribution in [0, 0.1) is 0 Å². The van der Waals surface area contributed by atoms with Crippen molar-refractivity contribution in [3.63, 3.8) is 0 Å². The Hall–Kier alpha value is -2.61. The predicted octanol–water partition coefficient (Wildman–Crippen LogP) is 1.75. The fraction of sp³-hybridized carbons (Fsp3) is 0.333. The highest BCUT2D eigenvalue weighted by Crippen LogP contribution is 2.21. The summed E-state index contributed by atoms with van der Waals surface area (Å²) in [5.74, 6) is 2.24. The van der Waals surface area contributed by atoms with E-state index in [0.29, 0.717) is 5.75 Å². The number of carbonyl (C=O) groups excluding carboxylic acids is 1. The summed E-state index contributed by atoms with van der Waals surface area (Å²) in [5.41, 5.74) is 1.99. The minimum absolute atomic E-state index is 0.0893. The average Bonchev–Trinajstić information content (AvgIpc) is 3.31. The van der Waals surface area contributed by atoms with E-state index >= 15 is 0 Å². The fourth-order valence-corrected chi connectivity index (χ4v) is 3.94. The molecular weight excluding hydrogens is 348 g/mol. The fourth-order valence-electron chi connectivity index (χ4n) is 3.14. The first kappa shape index (κ1) is 16.8. The highest BCUT2D eigenvalue weighted by molar-refractivity contribution is 7.99. The number of fused-ring (bicyclic) bond motifs is 1. The minimum Gasteiger partial charge on any atom is -0.351 e. The van der Waals surface area contributed by atoms with Gasteiger partial charge in [0.25, 0.3) is 0 Å². The van der Waals surface area contributed by atoms with Gasteiger partial charge < -0.3 is 10.2 Å². The number of thioether (sulfide) groups is 1. The number of hydrogen-bond donors (Lipinski definition) is 1. The largest absolute Gasteiger partial charge is 0.351 e. The topological polar surface area (TPSA) is 75.4 Å². The maximum atomic E-state index is 12.2. The van der Waals surface area contributed by atoms with Gasteiger partial charge in [-0.15, -0.1) is 22.0 Å². The van der Waals surface area contributed by atoms with Crippen LogP contribution in [0.15, 0.2) is 49.1 Å².